The maximum atomic E-state index is 13.6. The Morgan fingerprint density at radius 1 is 0.391 bits per heavy atom. The van der Waals surface area contributed by atoms with Crippen molar-refractivity contribution >= 4 is 8.60 Å². The van der Waals surface area contributed by atoms with Gasteiger partial charge < -0.3 is 13.6 Å². The van der Waals surface area contributed by atoms with Crippen LogP contribution < -0.4 is 13.6 Å². The molecule has 3 aromatic rings. The van der Waals surface area contributed by atoms with Crippen LogP contribution in [0.3, 0.4) is 0 Å². The highest BCUT2D eigenvalue weighted by Gasteiger charge is 2.38. The monoisotopic (exact) mass is 682 g/mol. The molecule has 0 fully saturated rings. The summed E-state index contributed by atoms with van der Waals surface area (Å²) in [5.41, 5.74) is -5.14. The highest BCUT2D eigenvalue weighted by Crippen LogP contribution is 2.50. The van der Waals surface area contributed by atoms with Crippen molar-refractivity contribution < 1.29 is 53.1 Å². The third-order valence-electron chi connectivity index (χ3n) is 6.86. The maximum Gasteiger partial charge on any atom is 0.530 e. The van der Waals surface area contributed by atoms with E-state index in [9.17, 15) is 39.5 Å². The van der Waals surface area contributed by atoms with Crippen LogP contribution in [0.1, 0.15) is 95.7 Å². The van der Waals surface area contributed by atoms with E-state index in [-0.39, 0.29) is 33.9 Å². The topological polar surface area (TPSA) is 27.7 Å². The number of hydrogen-bond acceptors (Lipinski definition) is 3. The minimum Gasteiger partial charge on any atom is -0.408 e. The van der Waals surface area contributed by atoms with Crippen molar-refractivity contribution in [2.24, 2.45) is 0 Å². The SMILES string of the molecule is CC(C)(C)c1cc(C(F)(F)F)ccc1OP(Oc1ccc(C(F)(F)F)cc1C(C)(C)C)Oc1ccc(C(F)(F)F)cc1C(C)(C)C. The van der Waals surface area contributed by atoms with Gasteiger partial charge in [-0.3, -0.25) is 0 Å². The van der Waals surface area contributed by atoms with Gasteiger partial charge in [-0.1, -0.05) is 62.3 Å². The number of hydrogen-bond donors (Lipinski definition) is 0. The predicted octanol–water partition coefficient (Wildman–Crippen LogP) is 12.4. The molecule has 0 aromatic heterocycles. The Bertz CT molecular complexity index is 1350. The van der Waals surface area contributed by atoms with Crippen molar-refractivity contribution in [1.29, 1.82) is 0 Å². The van der Waals surface area contributed by atoms with Gasteiger partial charge in [0.2, 0.25) is 0 Å². The molecule has 0 amide bonds. The highest BCUT2D eigenvalue weighted by molar-refractivity contribution is 7.43. The van der Waals surface area contributed by atoms with E-state index in [1.807, 2.05) is 0 Å². The molecule has 0 atom stereocenters. The minimum absolute atomic E-state index is 0.0694. The van der Waals surface area contributed by atoms with Crippen molar-refractivity contribution in [2.75, 3.05) is 0 Å². The van der Waals surface area contributed by atoms with Gasteiger partial charge in [-0.25, -0.2) is 0 Å². The Kier molecular flexibility index (Phi) is 10.1. The zero-order valence-electron chi connectivity index (χ0n) is 26.8. The first-order valence-corrected chi connectivity index (χ1v) is 15.2. The largest absolute Gasteiger partial charge is 0.530 e. The van der Waals surface area contributed by atoms with Crippen LogP contribution in [0.25, 0.3) is 0 Å². The number of rotatable bonds is 6. The first-order chi connectivity index (χ1) is 20.6. The molecule has 3 aromatic carbocycles. The normalized spacial score (nSPS) is 13.6. The van der Waals surface area contributed by atoms with E-state index in [1.54, 1.807) is 62.3 Å². The first kappa shape index (κ1) is 37.3. The summed E-state index contributed by atoms with van der Waals surface area (Å²) in [5.74, 6) is -0.208. The molecule has 0 radical (unpaired) electrons. The Balaban J connectivity index is 2.24. The van der Waals surface area contributed by atoms with E-state index >= 15 is 0 Å². The quantitative estimate of drug-likeness (QED) is 0.191. The molecule has 0 heterocycles. The second kappa shape index (κ2) is 12.5. The summed E-state index contributed by atoms with van der Waals surface area (Å²) in [7, 11) is -2.74. The van der Waals surface area contributed by atoms with Crippen LogP contribution in [0.4, 0.5) is 39.5 Å². The van der Waals surface area contributed by atoms with Crippen molar-refractivity contribution in [2.45, 2.75) is 97.1 Å². The second-order valence-corrected chi connectivity index (χ2v) is 14.9. The lowest BCUT2D eigenvalue weighted by atomic mass is 9.85. The van der Waals surface area contributed by atoms with Crippen molar-refractivity contribution in [3.63, 3.8) is 0 Å². The molecular formula is C33H36F9O3P. The Morgan fingerprint density at radius 3 is 0.783 bits per heavy atom. The zero-order chi connectivity index (χ0) is 35.3. The molecular weight excluding hydrogens is 646 g/mol. The smallest absolute Gasteiger partial charge is 0.408 e. The molecule has 0 aliphatic carbocycles. The molecule has 0 saturated carbocycles. The number of halogens is 9. The second-order valence-electron chi connectivity index (χ2n) is 13.9. The van der Waals surface area contributed by atoms with Crippen LogP contribution in [-0.4, -0.2) is 0 Å². The van der Waals surface area contributed by atoms with E-state index in [4.69, 9.17) is 13.6 Å². The fraction of sp³-hybridized carbons (Fsp3) is 0.455. The van der Waals surface area contributed by atoms with Gasteiger partial charge in [-0.05, 0) is 70.8 Å². The van der Waals surface area contributed by atoms with Crippen LogP contribution in [-0.2, 0) is 34.8 Å². The summed E-state index contributed by atoms with van der Waals surface area (Å²) in [5, 5.41) is 0. The van der Waals surface area contributed by atoms with Crippen molar-refractivity contribution in [1.82, 2.24) is 0 Å². The lowest BCUT2D eigenvalue weighted by molar-refractivity contribution is -0.138. The number of benzene rings is 3. The van der Waals surface area contributed by atoms with Crippen LogP contribution in [0, 0.1) is 0 Å². The van der Waals surface area contributed by atoms with E-state index in [2.05, 4.69) is 0 Å². The summed E-state index contributed by atoms with van der Waals surface area (Å²) >= 11 is 0. The molecule has 0 unspecified atom stereocenters. The molecule has 0 aliphatic heterocycles. The van der Waals surface area contributed by atoms with Gasteiger partial charge in [-0.15, -0.1) is 0 Å². The Morgan fingerprint density at radius 2 is 0.609 bits per heavy atom. The lowest BCUT2D eigenvalue weighted by Gasteiger charge is -2.29. The number of alkyl halides is 9. The van der Waals surface area contributed by atoms with Crippen LogP contribution in [0.2, 0.25) is 0 Å². The van der Waals surface area contributed by atoms with Crippen molar-refractivity contribution in [3.8, 4) is 17.2 Å². The van der Waals surface area contributed by atoms with E-state index < -0.39 is 60.1 Å². The molecule has 0 bridgehead atoms. The Labute approximate surface area is 264 Å². The summed E-state index contributed by atoms with van der Waals surface area (Å²) in [6.45, 7) is 14.9. The fourth-order valence-electron chi connectivity index (χ4n) is 4.41. The van der Waals surface area contributed by atoms with Crippen LogP contribution in [0.15, 0.2) is 54.6 Å². The molecule has 0 N–H and O–H groups in total. The lowest BCUT2D eigenvalue weighted by Crippen LogP contribution is -2.19. The molecule has 0 spiro atoms. The van der Waals surface area contributed by atoms with E-state index in [1.165, 1.54) is 0 Å². The van der Waals surface area contributed by atoms with E-state index in [0.717, 1.165) is 54.6 Å². The molecule has 13 heteroatoms. The van der Waals surface area contributed by atoms with Gasteiger partial charge in [0.05, 0.1) is 16.7 Å². The van der Waals surface area contributed by atoms with Gasteiger partial charge in [0.1, 0.15) is 17.2 Å². The third kappa shape index (κ3) is 9.23. The molecule has 0 aliphatic rings. The fourth-order valence-corrected chi connectivity index (χ4v) is 5.48. The van der Waals surface area contributed by atoms with E-state index in [0.29, 0.717) is 0 Å². The summed E-state index contributed by atoms with van der Waals surface area (Å²) in [6.07, 6.45) is -14.0. The Hall–Kier alpha value is -3.14. The van der Waals surface area contributed by atoms with Gasteiger partial charge in [0, 0.05) is 16.7 Å². The predicted molar refractivity (Wildman–Crippen MR) is 159 cm³/mol. The summed E-state index contributed by atoms with van der Waals surface area (Å²) < 4.78 is 141. The first-order valence-electron chi connectivity index (χ1n) is 14.1. The van der Waals surface area contributed by atoms with Crippen molar-refractivity contribution in [3.05, 3.63) is 88.0 Å². The van der Waals surface area contributed by atoms with Gasteiger partial charge in [0.15, 0.2) is 0 Å². The molecule has 254 valence electrons. The highest BCUT2D eigenvalue weighted by atomic mass is 31.2. The maximum absolute atomic E-state index is 13.6. The minimum atomic E-state index is -4.67. The molecule has 0 saturated heterocycles. The average Bonchev–Trinajstić information content (AvgIpc) is 2.85. The summed E-state index contributed by atoms with van der Waals surface area (Å²) in [6, 6.07) is 8.40. The van der Waals surface area contributed by atoms with Gasteiger partial charge in [-0.2, -0.15) is 39.5 Å². The van der Waals surface area contributed by atoms with Crippen LogP contribution in [0.5, 0.6) is 17.2 Å². The van der Waals surface area contributed by atoms with Gasteiger partial charge in [0.25, 0.3) is 0 Å². The molecule has 3 rings (SSSR count). The summed E-state index contributed by atoms with van der Waals surface area (Å²) in [4.78, 5) is 0. The zero-order valence-corrected chi connectivity index (χ0v) is 27.7. The standard InChI is InChI=1S/C33H36F9O3P/c1-28(2,3)22-16-19(31(34,35)36)10-13-25(22)43-46(44-26-14-11-20(32(37,38)39)17-23(26)29(4,5)6)45-27-15-12-21(33(40,41)42)18-24(27)30(7,8)9/h10-18H,1-9H3. The third-order valence-corrected chi connectivity index (χ3v) is 7.90. The van der Waals surface area contributed by atoms with Gasteiger partial charge >= 0.3 is 27.1 Å². The average molecular weight is 683 g/mol. The molecule has 46 heavy (non-hydrogen) atoms. The molecule has 3 nitrogen and oxygen atoms in total. The van der Waals surface area contributed by atoms with Crippen LogP contribution >= 0.6 is 8.60 Å².